The molecule has 0 bridgehead atoms. The van der Waals surface area contributed by atoms with Gasteiger partial charge >= 0.3 is 0 Å². The Morgan fingerprint density at radius 1 is 1.44 bits per heavy atom. The fourth-order valence-electron chi connectivity index (χ4n) is 1.08. The molecule has 86 valence electrons. The van der Waals surface area contributed by atoms with E-state index in [9.17, 15) is 9.18 Å². The lowest BCUT2D eigenvalue weighted by Gasteiger charge is -2.09. The van der Waals surface area contributed by atoms with Crippen LogP contribution in [0.25, 0.3) is 0 Å². The van der Waals surface area contributed by atoms with Crippen LogP contribution in [-0.4, -0.2) is 11.0 Å². The van der Waals surface area contributed by atoms with Crippen LogP contribution in [-0.2, 0) is 11.3 Å². The topological polar surface area (TPSA) is 41.1 Å². The van der Waals surface area contributed by atoms with Crippen molar-refractivity contribution in [1.29, 1.82) is 0 Å². The first-order chi connectivity index (χ1) is 7.63. The van der Waals surface area contributed by atoms with E-state index in [0.29, 0.717) is 12.0 Å². The molecule has 0 saturated carbocycles. The molecule has 16 heavy (non-hydrogen) atoms. The monoisotopic (exact) mass is 240 g/mol. The molecule has 0 fully saturated rings. The Bertz CT molecular complexity index is 395. The quantitative estimate of drug-likeness (QED) is 0.791. The van der Waals surface area contributed by atoms with Crippen LogP contribution in [0.15, 0.2) is 24.3 Å². The van der Waals surface area contributed by atoms with Crippen molar-refractivity contribution >= 4 is 23.2 Å². The van der Waals surface area contributed by atoms with Crippen LogP contribution < -0.4 is 10.6 Å². The molecule has 0 radical (unpaired) electrons. The lowest BCUT2D eigenvalue weighted by atomic mass is 10.2. The van der Waals surface area contributed by atoms with Crippen LogP contribution in [0.2, 0.25) is 0 Å². The molecular weight excluding hydrogens is 227 g/mol. The van der Waals surface area contributed by atoms with Gasteiger partial charge in [0.1, 0.15) is 5.82 Å². The molecule has 0 aromatic heterocycles. The van der Waals surface area contributed by atoms with Crippen molar-refractivity contribution in [2.75, 3.05) is 0 Å². The zero-order valence-electron chi connectivity index (χ0n) is 8.92. The maximum atomic E-state index is 13.2. The van der Waals surface area contributed by atoms with Gasteiger partial charge in [0.05, 0.1) is 0 Å². The van der Waals surface area contributed by atoms with Gasteiger partial charge in [-0.05, 0) is 18.3 Å². The van der Waals surface area contributed by atoms with Crippen LogP contribution in [0.3, 0.4) is 0 Å². The van der Waals surface area contributed by atoms with Crippen LogP contribution in [0, 0.1) is 5.82 Å². The molecular formula is C11H13FN2OS. The number of rotatable bonds is 3. The second-order valence-corrected chi connectivity index (χ2v) is 3.58. The zero-order valence-corrected chi connectivity index (χ0v) is 9.73. The van der Waals surface area contributed by atoms with Gasteiger partial charge in [0.2, 0.25) is 5.91 Å². The summed E-state index contributed by atoms with van der Waals surface area (Å²) in [6.07, 6.45) is 0.363. The maximum Gasteiger partial charge on any atom is 0.225 e. The Morgan fingerprint density at radius 3 is 2.75 bits per heavy atom. The predicted octanol–water partition coefficient (Wildman–Crippen LogP) is 1.73. The van der Waals surface area contributed by atoms with Crippen molar-refractivity contribution in [3.63, 3.8) is 0 Å². The van der Waals surface area contributed by atoms with E-state index in [1.807, 2.05) is 0 Å². The molecule has 1 aromatic carbocycles. The Labute approximate surface area is 99.0 Å². The normalized spacial score (nSPS) is 9.62. The summed E-state index contributed by atoms with van der Waals surface area (Å²) in [4.78, 5) is 11.0. The van der Waals surface area contributed by atoms with E-state index in [1.165, 1.54) is 6.07 Å². The van der Waals surface area contributed by atoms with E-state index in [0.717, 1.165) is 0 Å². The number of thiocarbonyl (C=S) groups is 1. The maximum absolute atomic E-state index is 13.2. The number of benzene rings is 1. The second-order valence-electron chi connectivity index (χ2n) is 3.18. The lowest BCUT2D eigenvalue weighted by Crippen LogP contribution is -2.38. The summed E-state index contributed by atoms with van der Waals surface area (Å²) in [5.74, 6) is -0.453. The first kappa shape index (κ1) is 12.6. The van der Waals surface area contributed by atoms with E-state index in [-0.39, 0.29) is 23.4 Å². The van der Waals surface area contributed by atoms with Crippen LogP contribution in [0.5, 0.6) is 0 Å². The fourth-order valence-corrected chi connectivity index (χ4v) is 1.26. The standard InChI is InChI=1S/C11H13FN2OS/c1-2-10(15)14-11(16)13-7-8-5-3-4-6-9(8)12/h3-6H,2,7H2,1H3,(H2,13,14,15,16). The van der Waals surface area contributed by atoms with E-state index in [1.54, 1.807) is 25.1 Å². The highest BCUT2D eigenvalue weighted by atomic mass is 32.1. The predicted molar refractivity (Wildman–Crippen MR) is 64.3 cm³/mol. The van der Waals surface area contributed by atoms with Gasteiger partial charge in [0.15, 0.2) is 5.11 Å². The highest BCUT2D eigenvalue weighted by Gasteiger charge is 2.03. The van der Waals surface area contributed by atoms with Gasteiger partial charge < -0.3 is 10.6 Å². The molecule has 1 rings (SSSR count). The number of nitrogens with one attached hydrogen (secondary N) is 2. The summed E-state index contributed by atoms with van der Waals surface area (Å²) in [7, 11) is 0. The molecule has 0 aliphatic carbocycles. The molecule has 5 heteroatoms. The molecule has 0 unspecified atom stereocenters. The van der Waals surface area contributed by atoms with Gasteiger partial charge in [0, 0.05) is 18.5 Å². The minimum absolute atomic E-state index is 0.161. The number of carbonyl (C=O) groups is 1. The molecule has 2 N–H and O–H groups in total. The summed E-state index contributed by atoms with van der Waals surface area (Å²) in [5, 5.41) is 5.46. The van der Waals surface area contributed by atoms with Crippen molar-refractivity contribution in [3.8, 4) is 0 Å². The average molecular weight is 240 g/mol. The molecule has 0 spiro atoms. The summed E-state index contributed by atoms with van der Waals surface area (Å²) < 4.78 is 13.2. The molecule has 0 aliphatic rings. The number of hydrogen-bond donors (Lipinski definition) is 2. The van der Waals surface area contributed by atoms with E-state index in [4.69, 9.17) is 12.2 Å². The Kier molecular flexibility index (Phi) is 4.85. The lowest BCUT2D eigenvalue weighted by molar-refractivity contribution is -0.119. The van der Waals surface area contributed by atoms with Gasteiger partial charge in [0.25, 0.3) is 0 Å². The average Bonchev–Trinajstić information content (AvgIpc) is 2.28. The van der Waals surface area contributed by atoms with E-state index >= 15 is 0 Å². The van der Waals surface area contributed by atoms with Gasteiger partial charge in [-0.25, -0.2) is 4.39 Å². The first-order valence-corrected chi connectivity index (χ1v) is 5.35. The third kappa shape index (κ3) is 3.94. The smallest absolute Gasteiger partial charge is 0.225 e. The highest BCUT2D eigenvalue weighted by molar-refractivity contribution is 7.80. The molecule has 0 aliphatic heterocycles. The Morgan fingerprint density at radius 2 is 2.12 bits per heavy atom. The molecule has 0 saturated heterocycles. The van der Waals surface area contributed by atoms with Gasteiger partial charge in [-0.3, -0.25) is 4.79 Å². The Balaban J connectivity index is 2.43. The van der Waals surface area contributed by atoms with Crippen LogP contribution in [0.4, 0.5) is 4.39 Å². The third-order valence-corrected chi connectivity index (χ3v) is 2.22. The van der Waals surface area contributed by atoms with E-state index < -0.39 is 0 Å². The number of carbonyl (C=O) groups excluding carboxylic acids is 1. The molecule has 3 nitrogen and oxygen atoms in total. The number of amides is 1. The van der Waals surface area contributed by atoms with E-state index in [2.05, 4.69) is 10.6 Å². The van der Waals surface area contributed by atoms with Crippen molar-refractivity contribution in [2.24, 2.45) is 0 Å². The van der Waals surface area contributed by atoms with Crippen molar-refractivity contribution < 1.29 is 9.18 Å². The summed E-state index contributed by atoms with van der Waals surface area (Å²) in [5.41, 5.74) is 0.510. The minimum atomic E-state index is -0.292. The van der Waals surface area contributed by atoms with Crippen molar-refractivity contribution in [3.05, 3.63) is 35.6 Å². The minimum Gasteiger partial charge on any atom is -0.358 e. The second kappa shape index (κ2) is 6.17. The van der Waals surface area contributed by atoms with Gasteiger partial charge in [-0.2, -0.15) is 0 Å². The highest BCUT2D eigenvalue weighted by Crippen LogP contribution is 2.05. The largest absolute Gasteiger partial charge is 0.358 e. The van der Waals surface area contributed by atoms with Gasteiger partial charge in [-0.15, -0.1) is 0 Å². The molecule has 1 amide bonds. The third-order valence-electron chi connectivity index (χ3n) is 1.97. The van der Waals surface area contributed by atoms with Crippen molar-refractivity contribution in [1.82, 2.24) is 10.6 Å². The van der Waals surface area contributed by atoms with Crippen LogP contribution >= 0.6 is 12.2 Å². The first-order valence-electron chi connectivity index (χ1n) is 4.94. The van der Waals surface area contributed by atoms with Crippen molar-refractivity contribution in [2.45, 2.75) is 19.9 Å². The summed E-state index contributed by atoms with van der Waals surface area (Å²) in [6, 6.07) is 6.40. The number of halogens is 1. The molecule has 1 aromatic rings. The molecule has 0 heterocycles. The summed E-state index contributed by atoms with van der Waals surface area (Å²) >= 11 is 4.87. The summed E-state index contributed by atoms with van der Waals surface area (Å²) in [6.45, 7) is 1.99. The zero-order chi connectivity index (χ0) is 12.0. The molecule has 0 atom stereocenters. The SMILES string of the molecule is CCC(=O)NC(=S)NCc1ccccc1F. The Hall–Kier alpha value is -1.49. The van der Waals surface area contributed by atoms with Crippen LogP contribution in [0.1, 0.15) is 18.9 Å². The number of hydrogen-bond acceptors (Lipinski definition) is 2. The fraction of sp³-hybridized carbons (Fsp3) is 0.273. The van der Waals surface area contributed by atoms with Gasteiger partial charge in [-0.1, -0.05) is 25.1 Å².